The smallest absolute Gasteiger partial charge is 0.266 e. The summed E-state index contributed by atoms with van der Waals surface area (Å²) < 4.78 is 42.1. The fourth-order valence-electron chi connectivity index (χ4n) is 4.55. The number of aromatic nitrogens is 3. The van der Waals surface area contributed by atoms with Gasteiger partial charge in [-0.2, -0.15) is 0 Å². The van der Waals surface area contributed by atoms with E-state index in [1.807, 2.05) is 6.92 Å². The van der Waals surface area contributed by atoms with Crippen molar-refractivity contribution in [1.82, 2.24) is 15.0 Å². The number of aliphatic hydroxyl groups is 1. The lowest BCUT2D eigenvalue weighted by Crippen LogP contribution is -2.54. The first kappa shape index (κ1) is 21.4. The molecule has 11 heteroatoms. The first-order valence-corrected chi connectivity index (χ1v) is 11.5. The van der Waals surface area contributed by atoms with Crippen LogP contribution in [0.4, 0.5) is 19.0 Å². The molecule has 158 valence electrons. The van der Waals surface area contributed by atoms with E-state index in [1.54, 1.807) is 4.90 Å². The lowest BCUT2D eigenvalue weighted by atomic mass is 9.87. The molecular formula is C18H19BrClF3N4OS. The standard InChI is InChI=1S/C18H19BrClF3N4OS/c1-2-29-18-24-11-9(14(19)25-15(20)10(11)21)17(26-18)27-6-7-3-4-8(5-7)12(27)13(28)16(22)23/h7-8,12-13,16,28H,2-6H2,1H3/t7-,8+,12-,13-/m0/s1. The lowest BCUT2D eigenvalue weighted by Gasteiger charge is -2.43. The van der Waals surface area contributed by atoms with Gasteiger partial charge in [0.05, 0.1) is 11.4 Å². The van der Waals surface area contributed by atoms with Gasteiger partial charge in [-0.05, 0) is 52.8 Å². The van der Waals surface area contributed by atoms with Gasteiger partial charge in [-0.3, -0.25) is 0 Å². The van der Waals surface area contributed by atoms with E-state index in [0.717, 1.165) is 19.3 Å². The Morgan fingerprint density at radius 2 is 2.07 bits per heavy atom. The van der Waals surface area contributed by atoms with Gasteiger partial charge in [0.2, 0.25) is 0 Å². The average molecular weight is 512 g/mol. The molecular weight excluding hydrogens is 493 g/mol. The number of hydrogen-bond donors (Lipinski definition) is 1. The number of hydrogen-bond acceptors (Lipinski definition) is 6. The van der Waals surface area contributed by atoms with E-state index in [2.05, 4.69) is 30.9 Å². The maximum absolute atomic E-state index is 14.8. The second-order valence-corrected chi connectivity index (χ2v) is 9.74. The molecule has 0 amide bonds. The average Bonchev–Trinajstić information content (AvgIpc) is 3.06. The van der Waals surface area contributed by atoms with Crippen molar-refractivity contribution >= 4 is 56.0 Å². The third-order valence-corrected chi connectivity index (χ3v) is 7.25. The van der Waals surface area contributed by atoms with Gasteiger partial charge in [0.15, 0.2) is 16.1 Å². The molecule has 3 heterocycles. The summed E-state index contributed by atoms with van der Waals surface area (Å²) >= 11 is 10.5. The first-order valence-electron chi connectivity index (χ1n) is 9.39. The van der Waals surface area contributed by atoms with Crippen LogP contribution in [-0.2, 0) is 0 Å². The van der Waals surface area contributed by atoms with Crippen molar-refractivity contribution < 1.29 is 18.3 Å². The summed E-state index contributed by atoms with van der Waals surface area (Å²) in [5.41, 5.74) is -0.0129. The predicted molar refractivity (Wildman–Crippen MR) is 110 cm³/mol. The highest BCUT2D eigenvalue weighted by atomic mass is 79.9. The van der Waals surface area contributed by atoms with Gasteiger partial charge in [0.25, 0.3) is 6.43 Å². The van der Waals surface area contributed by atoms with Crippen molar-refractivity contribution in [2.24, 2.45) is 11.8 Å². The molecule has 1 N–H and O–H groups in total. The number of piperidine rings is 1. The number of aliphatic hydroxyl groups excluding tert-OH is 1. The highest BCUT2D eigenvalue weighted by Gasteiger charge is 2.47. The van der Waals surface area contributed by atoms with E-state index in [0.29, 0.717) is 29.2 Å². The van der Waals surface area contributed by atoms with Crippen molar-refractivity contribution in [3.8, 4) is 0 Å². The Labute approximate surface area is 183 Å². The Balaban J connectivity index is 1.94. The second kappa shape index (κ2) is 8.36. The molecule has 1 aliphatic carbocycles. The number of thioether (sulfide) groups is 1. The Morgan fingerprint density at radius 1 is 1.31 bits per heavy atom. The fourth-order valence-corrected chi connectivity index (χ4v) is 5.94. The van der Waals surface area contributed by atoms with Crippen molar-refractivity contribution in [2.45, 2.75) is 49.9 Å². The number of fused-ring (bicyclic) bond motifs is 3. The second-order valence-electron chi connectivity index (χ2n) is 7.40. The van der Waals surface area contributed by atoms with Crippen LogP contribution < -0.4 is 4.90 Å². The van der Waals surface area contributed by atoms with E-state index in [-0.39, 0.29) is 26.6 Å². The molecule has 4 rings (SSSR count). The molecule has 0 unspecified atom stereocenters. The van der Waals surface area contributed by atoms with Crippen LogP contribution in [0.5, 0.6) is 0 Å². The van der Waals surface area contributed by atoms with Gasteiger partial charge in [-0.25, -0.2) is 28.1 Å². The van der Waals surface area contributed by atoms with E-state index in [4.69, 9.17) is 11.6 Å². The summed E-state index contributed by atoms with van der Waals surface area (Å²) in [6, 6.07) is -0.808. The molecule has 2 bridgehead atoms. The Hall–Kier alpha value is -0.840. The van der Waals surface area contributed by atoms with Gasteiger partial charge in [0.1, 0.15) is 22.0 Å². The van der Waals surface area contributed by atoms with Crippen LogP contribution in [0.2, 0.25) is 5.15 Å². The molecule has 5 nitrogen and oxygen atoms in total. The van der Waals surface area contributed by atoms with Gasteiger partial charge in [-0.15, -0.1) is 0 Å². The Kier molecular flexibility index (Phi) is 6.17. The van der Waals surface area contributed by atoms with Crippen molar-refractivity contribution in [2.75, 3.05) is 17.2 Å². The molecule has 0 radical (unpaired) electrons. The van der Waals surface area contributed by atoms with Crippen LogP contribution in [0.1, 0.15) is 26.2 Å². The van der Waals surface area contributed by atoms with Gasteiger partial charge in [-0.1, -0.05) is 30.3 Å². The van der Waals surface area contributed by atoms with Crippen molar-refractivity contribution in [3.05, 3.63) is 15.6 Å². The molecule has 4 atom stereocenters. The Morgan fingerprint density at radius 3 is 2.76 bits per heavy atom. The predicted octanol–water partition coefficient (Wildman–Crippen LogP) is 4.92. The van der Waals surface area contributed by atoms with Gasteiger partial charge >= 0.3 is 0 Å². The highest BCUT2D eigenvalue weighted by Crippen LogP contribution is 2.46. The lowest BCUT2D eigenvalue weighted by molar-refractivity contribution is -0.0341. The molecule has 2 aromatic heterocycles. The summed E-state index contributed by atoms with van der Waals surface area (Å²) in [5, 5.41) is 10.6. The maximum Gasteiger partial charge on any atom is 0.266 e. The third kappa shape index (κ3) is 3.81. The number of anilines is 1. The van der Waals surface area contributed by atoms with E-state index >= 15 is 0 Å². The molecule has 0 spiro atoms. The quantitative estimate of drug-likeness (QED) is 0.349. The van der Waals surface area contributed by atoms with Crippen LogP contribution in [0.3, 0.4) is 0 Å². The van der Waals surface area contributed by atoms with E-state index < -0.39 is 24.4 Å². The molecule has 2 aliphatic rings. The normalized spacial score (nSPS) is 25.2. The molecule has 1 saturated carbocycles. The van der Waals surface area contributed by atoms with Crippen LogP contribution in [0, 0.1) is 17.7 Å². The summed E-state index contributed by atoms with van der Waals surface area (Å²) in [7, 11) is 0. The summed E-state index contributed by atoms with van der Waals surface area (Å²) in [6.45, 7) is 2.37. The minimum absolute atomic E-state index is 0.0129. The van der Waals surface area contributed by atoms with Crippen LogP contribution >= 0.6 is 39.3 Å². The molecule has 2 aromatic rings. The van der Waals surface area contributed by atoms with Crippen molar-refractivity contribution in [1.29, 1.82) is 0 Å². The Bertz CT molecular complexity index is 938. The highest BCUT2D eigenvalue weighted by molar-refractivity contribution is 9.10. The van der Waals surface area contributed by atoms with Gasteiger partial charge < -0.3 is 10.0 Å². The van der Waals surface area contributed by atoms with Crippen LogP contribution in [0.15, 0.2) is 9.76 Å². The number of nitrogens with zero attached hydrogens (tertiary/aromatic N) is 4. The SMILES string of the molecule is CCSc1nc(N2C[C@H]3CC[C@H](C3)[C@H]2[C@H](O)C(F)F)c2c(Br)nc(Cl)c(F)c2n1. The number of halogens is 5. The number of alkyl halides is 2. The minimum atomic E-state index is -2.88. The molecule has 29 heavy (non-hydrogen) atoms. The summed E-state index contributed by atoms with van der Waals surface area (Å²) in [5.74, 6) is 0.423. The van der Waals surface area contributed by atoms with Crippen LogP contribution in [-0.4, -0.2) is 50.9 Å². The number of rotatable bonds is 5. The van der Waals surface area contributed by atoms with E-state index in [9.17, 15) is 18.3 Å². The molecule has 2 fully saturated rings. The zero-order valence-corrected chi connectivity index (χ0v) is 18.6. The first-order chi connectivity index (χ1) is 13.8. The molecule has 1 saturated heterocycles. The topological polar surface area (TPSA) is 62.1 Å². The monoisotopic (exact) mass is 510 g/mol. The van der Waals surface area contributed by atoms with Gasteiger partial charge in [0, 0.05) is 6.54 Å². The third-order valence-electron chi connectivity index (χ3n) is 5.69. The summed E-state index contributed by atoms with van der Waals surface area (Å²) in [4.78, 5) is 14.6. The summed E-state index contributed by atoms with van der Waals surface area (Å²) in [6.07, 6.45) is -2.23. The largest absolute Gasteiger partial charge is 0.385 e. The van der Waals surface area contributed by atoms with Crippen molar-refractivity contribution in [3.63, 3.8) is 0 Å². The molecule has 1 aliphatic heterocycles. The van der Waals surface area contributed by atoms with E-state index in [1.165, 1.54) is 11.8 Å². The molecule has 0 aromatic carbocycles. The number of pyridine rings is 1. The minimum Gasteiger partial charge on any atom is -0.385 e. The zero-order chi connectivity index (χ0) is 20.9. The van der Waals surface area contributed by atoms with Crippen LogP contribution in [0.25, 0.3) is 10.9 Å². The maximum atomic E-state index is 14.8. The zero-order valence-electron chi connectivity index (χ0n) is 15.5. The fraction of sp³-hybridized carbons (Fsp3) is 0.611.